The Kier molecular flexibility index (Phi) is 9.68. The summed E-state index contributed by atoms with van der Waals surface area (Å²) in [5.74, 6) is 0.583. The Hall–Kier alpha value is -3.32. The van der Waals surface area contributed by atoms with Gasteiger partial charge in [-0.3, -0.25) is 9.59 Å². The Morgan fingerprint density at radius 3 is 2.69 bits per heavy atom. The highest BCUT2D eigenvalue weighted by Crippen LogP contribution is 2.33. The highest BCUT2D eigenvalue weighted by atomic mass is 127. The van der Waals surface area contributed by atoms with Gasteiger partial charge < -0.3 is 14.8 Å². The maximum absolute atomic E-state index is 13.3. The highest BCUT2D eigenvalue weighted by molar-refractivity contribution is 14.1. The SMILES string of the molecule is CCCCc1nc2ccc(Br)cc2c(=O)n1N=Cc1cc(I)c(OCC(=O)Nc2ccc(F)cc2)c(OC)c1. The maximum Gasteiger partial charge on any atom is 0.282 e. The molecular formula is C28H25BrFIN4O4. The molecule has 1 N–H and O–H groups in total. The molecule has 0 aliphatic heterocycles. The molecular weight excluding hydrogens is 682 g/mol. The van der Waals surface area contributed by atoms with Crippen molar-refractivity contribution in [1.29, 1.82) is 0 Å². The molecule has 202 valence electrons. The van der Waals surface area contributed by atoms with Crippen LogP contribution in [-0.4, -0.2) is 35.5 Å². The maximum atomic E-state index is 13.3. The number of anilines is 1. The number of aryl methyl sites for hydroxylation is 1. The minimum Gasteiger partial charge on any atom is -0.493 e. The van der Waals surface area contributed by atoms with Gasteiger partial charge in [0.25, 0.3) is 11.5 Å². The Bertz CT molecular complexity index is 1590. The summed E-state index contributed by atoms with van der Waals surface area (Å²) >= 11 is 5.50. The number of fused-ring (bicyclic) bond motifs is 1. The van der Waals surface area contributed by atoms with Gasteiger partial charge in [-0.05, 0) is 89.2 Å². The minimum absolute atomic E-state index is 0.252. The van der Waals surface area contributed by atoms with Crippen LogP contribution >= 0.6 is 38.5 Å². The number of ether oxygens (including phenoxy) is 2. The fraction of sp³-hybridized carbons (Fsp3) is 0.214. The number of hydrogen-bond donors (Lipinski definition) is 1. The van der Waals surface area contributed by atoms with Crippen molar-refractivity contribution in [2.24, 2.45) is 5.10 Å². The van der Waals surface area contributed by atoms with Crippen LogP contribution < -0.4 is 20.3 Å². The van der Waals surface area contributed by atoms with Crippen LogP contribution in [0, 0.1) is 9.39 Å². The van der Waals surface area contributed by atoms with Crippen LogP contribution in [0.1, 0.15) is 31.2 Å². The minimum atomic E-state index is -0.403. The number of hydrogen-bond acceptors (Lipinski definition) is 6. The zero-order valence-corrected chi connectivity index (χ0v) is 25.0. The van der Waals surface area contributed by atoms with E-state index in [1.54, 1.807) is 18.3 Å². The van der Waals surface area contributed by atoms with Crippen LogP contribution in [0.4, 0.5) is 10.1 Å². The van der Waals surface area contributed by atoms with Crippen molar-refractivity contribution in [1.82, 2.24) is 9.66 Å². The van der Waals surface area contributed by atoms with Gasteiger partial charge in [-0.2, -0.15) is 9.78 Å². The van der Waals surface area contributed by atoms with Crippen molar-refractivity contribution in [2.45, 2.75) is 26.2 Å². The van der Waals surface area contributed by atoms with Gasteiger partial charge in [-0.1, -0.05) is 29.3 Å². The van der Waals surface area contributed by atoms with E-state index in [9.17, 15) is 14.0 Å². The number of methoxy groups -OCH3 is 1. The molecule has 4 aromatic rings. The summed E-state index contributed by atoms with van der Waals surface area (Å²) < 4.78 is 27.1. The fourth-order valence-corrected chi connectivity index (χ4v) is 4.90. The number of benzene rings is 3. The molecule has 0 radical (unpaired) electrons. The summed E-state index contributed by atoms with van der Waals surface area (Å²) in [5.41, 5.74) is 1.50. The number of carbonyl (C=O) groups excluding carboxylic acids is 1. The van der Waals surface area contributed by atoms with E-state index in [0.29, 0.717) is 49.5 Å². The van der Waals surface area contributed by atoms with Crippen molar-refractivity contribution in [2.75, 3.05) is 19.0 Å². The van der Waals surface area contributed by atoms with Gasteiger partial charge in [-0.25, -0.2) is 9.37 Å². The van der Waals surface area contributed by atoms with Gasteiger partial charge in [0.1, 0.15) is 11.6 Å². The molecule has 1 heterocycles. The van der Waals surface area contributed by atoms with E-state index < -0.39 is 5.91 Å². The first-order valence-electron chi connectivity index (χ1n) is 12.1. The second-order valence-electron chi connectivity index (χ2n) is 8.53. The molecule has 39 heavy (non-hydrogen) atoms. The molecule has 0 atom stereocenters. The molecule has 1 aromatic heterocycles. The third-order valence-corrected chi connectivity index (χ3v) is 6.97. The lowest BCUT2D eigenvalue weighted by molar-refractivity contribution is -0.118. The first-order chi connectivity index (χ1) is 18.8. The Balaban J connectivity index is 1.58. The van der Waals surface area contributed by atoms with E-state index in [0.717, 1.165) is 17.3 Å². The smallest absolute Gasteiger partial charge is 0.282 e. The monoisotopic (exact) mass is 706 g/mol. The summed E-state index contributed by atoms with van der Waals surface area (Å²) in [5, 5.41) is 7.61. The number of carbonyl (C=O) groups is 1. The highest BCUT2D eigenvalue weighted by Gasteiger charge is 2.15. The number of nitrogens with one attached hydrogen (secondary N) is 1. The van der Waals surface area contributed by atoms with E-state index in [2.05, 4.69) is 55.9 Å². The molecule has 3 aromatic carbocycles. The normalized spacial score (nSPS) is 11.2. The molecule has 0 unspecified atom stereocenters. The predicted octanol–water partition coefficient (Wildman–Crippen LogP) is 6.15. The molecule has 1 amide bonds. The van der Waals surface area contributed by atoms with Crippen LogP contribution in [0.5, 0.6) is 11.5 Å². The molecule has 0 bridgehead atoms. The standard InChI is InChI=1S/C28H25BrFIN4O4/c1-3-4-5-25-34-23-11-6-18(29)14-21(23)28(37)35(25)32-15-17-12-22(31)27(24(13-17)38-2)39-16-26(36)33-20-9-7-19(30)8-10-20/h6-15H,3-5,16H2,1-2H3,(H,33,36). The van der Waals surface area contributed by atoms with E-state index in [1.165, 1.54) is 36.1 Å². The van der Waals surface area contributed by atoms with Gasteiger partial charge in [0.05, 0.1) is 27.8 Å². The lowest BCUT2D eigenvalue weighted by Crippen LogP contribution is -2.22. The predicted molar refractivity (Wildman–Crippen MR) is 162 cm³/mol. The molecule has 0 saturated heterocycles. The topological polar surface area (TPSA) is 94.8 Å². The molecule has 11 heteroatoms. The summed E-state index contributed by atoms with van der Waals surface area (Å²) in [6, 6.07) is 14.4. The molecule has 0 saturated carbocycles. The summed E-state index contributed by atoms with van der Waals surface area (Å²) in [6.45, 7) is 1.81. The second kappa shape index (κ2) is 13.2. The van der Waals surface area contributed by atoms with E-state index in [1.807, 2.05) is 18.2 Å². The van der Waals surface area contributed by atoms with Gasteiger partial charge in [0.2, 0.25) is 0 Å². The van der Waals surface area contributed by atoms with E-state index in [4.69, 9.17) is 14.5 Å². The molecule has 0 fully saturated rings. The van der Waals surface area contributed by atoms with E-state index >= 15 is 0 Å². The second-order valence-corrected chi connectivity index (χ2v) is 10.6. The molecule has 0 spiro atoms. The third kappa shape index (κ3) is 7.21. The van der Waals surface area contributed by atoms with Crippen molar-refractivity contribution < 1.29 is 18.7 Å². The van der Waals surface area contributed by atoms with Gasteiger partial charge >= 0.3 is 0 Å². The number of aromatic nitrogens is 2. The molecule has 0 aliphatic rings. The van der Waals surface area contributed by atoms with Crippen LogP contribution in [-0.2, 0) is 11.2 Å². The van der Waals surface area contributed by atoms with Crippen molar-refractivity contribution in [3.8, 4) is 11.5 Å². The summed E-state index contributed by atoms with van der Waals surface area (Å²) in [7, 11) is 1.50. The number of nitrogens with zero attached hydrogens (tertiary/aromatic N) is 3. The Morgan fingerprint density at radius 2 is 1.97 bits per heavy atom. The van der Waals surface area contributed by atoms with E-state index in [-0.39, 0.29) is 18.0 Å². The molecule has 8 nitrogen and oxygen atoms in total. The number of amides is 1. The third-order valence-electron chi connectivity index (χ3n) is 5.68. The first-order valence-corrected chi connectivity index (χ1v) is 14.0. The fourth-order valence-electron chi connectivity index (χ4n) is 3.76. The van der Waals surface area contributed by atoms with Crippen LogP contribution in [0.3, 0.4) is 0 Å². The average Bonchev–Trinajstić information content (AvgIpc) is 2.92. The van der Waals surface area contributed by atoms with Crippen molar-refractivity contribution >= 4 is 67.2 Å². The van der Waals surface area contributed by atoms with Crippen molar-refractivity contribution in [3.05, 3.63) is 90.2 Å². The summed E-state index contributed by atoms with van der Waals surface area (Å²) in [4.78, 5) is 30.3. The lowest BCUT2D eigenvalue weighted by Gasteiger charge is -2.14. The van der Waals surface area contributed by atoms with Crippen LogP contribution in [0.25, 0.3) is 10.9 Å². The van der Waals surface area contributed by atoms with Crippen molar-refractivity contribution in [3.63, 3.8) is 0 Å². The number of halogens is 3. The number of unbranched alkanes of at least 4 members (excludes halogenated alkanes) is 1. The first kappa shape index (κ1) is 28.7. The lowest BCUT2D eigenvalue weighted by atomic mass is 10.2. The van der Waals surface area contributed by atoms with Gasteiger partial charge in [0, 0.05) is 16.6 Å². The van der Waals surface area contributed by atoms with Crippen LogP contribution in [0.15, 0.2) is 69.0 Å². The largest absolute Gasteiger partial charge is 0.493 e. The van der Waals surface area contributed by atoms with Crippen LogP contribution in [0.2, 0.25) is 0 Å². The zero-order chi connectivity index (χ0) is 27.9. The average molecular weight is 707 g/mol. The molecule has 4 rings (SSSR count). The quantitative estimate of drug-likeness (QED) is 0.158. The van der Waals surface area contributed by atoms with Gasteiger partial charge in [-0.15, -0.1) is 0 Å². The summed E-state index contributed by atoms with van der Waals surface area (Å²) in [6.07, 6.45) is 4.01. The Labute approximate surface area is 246 Å². The Morgan fingerprint density at radius 1 is 1.21 bits per heavy atom. The van der Waals surface area contributed by atoms with Gasteiger partial charge in [0.15, 0.2) is 18.1 Å². The number of rotatable bonds is 10. The zero-order valence-electron chi connectivity index (χ0n) is 21.2. The molecule has 0 aliphatic carbocycles.